The molecule has 1 amide bonds. The standard InChI is InChI=1S/C23H24FN7O/c1-5-19(32)29(3)17-8-7-9-18(14-17)31(6-2)22-20(25)21(26)27-23(28-22)30(4)16-12-10-15(24)11-13-16/h5-14H,1-2,25H2,3-4H3,(H2,26,27,28). The minimum absolute atomic E-state index is 0.0842. The van der Waals surface area contributed by atoms with E-state index in [1.165, 1.54) is 29.3 Å². The van der Waals surface area contributed by atoms with Gasteiger partial charge in [-0.2, -0.15) is 9.97 Å². The summed E-state index contributed by atoms with van der Waals surface area (Å²) in [4.78, 5) is 25.6. The molecule has 0 aliphatic carbocycles. The van der Waals surface area contributed by atoms with Crippen molar-refractivity contribution in [3.8, 4) is 0 Å². The molecule has 0 atom stereocenters. The third-order valence-electron chi connectivity index (χ3n) is 4.87. The molecule has 0 aliphatic rings. The number of nitrogen functional groups attached to an aromatic ring is 2. The first-order valence-electron chi connectivity index (χ1n) is 9.61. The van der Waals surface area contributed by atoms with Gasteiger partial charge in [0.05, 0.1) is 0 Å². The Morgan fingerprint density at radius 1 is 1.00 bits per heavy atom. The number of carbonyl (C=O) groups excluding carboxylic acids is 1. The second kappa shape index (κ2) is 9.17. The number of anilines is 7. The van der Waals surface area contributed by atoms with Crippen molar-refractivity contribution in [2.75, 3.05) is 40.3 Å². The average Bonchev–Trinajstić information content (AvgIpc) is 2.81. The van der Waals surface area contributed by atoms with Crippen LogP contribution in [-0.2, 0) is 4.79 Å². The van der Waals surface area contributed by atoms with Gasteiger partial charge in [0.1, 0.15) is 11.5 Å². The third-order valence-corrected chi connectivity index (χ3v) is 4.87. The molecule has 1 heterocycles. The molecule has 3 aromatic rings. The van der Waals surface area contributed by atoms with Crippen molar-refractivity contribution in [3.05, 3.63) is 79.8 Å². The number of carbonyl (C=O) groups is 1. The van der Waals surface area contributed by atoms with Crippen LogP contribution >= 0.6 is 0 Å². The molecule has 0 saturated carbocycles. The Bertz CT molecular complexity index is 1160. The van der Waals surface area contributed by atoms with Crippen LogP contribution in [0, 0.1) is 5.82 Å². The molecule has 0 unspecified atom stereocenters. The van der Waals surface area contributed by atoms with Crippen LogP contribution in [0.2, 0.25) is 0 Å². The Hall–Kier alpha value is -4.40. The second-order valence-electron chi connectivity index (χ2n) is 6.86. The van der Waals surface area contributed by atoms with E-state index in [0.29, 0.717) is 22.9 Å². The fraction of sp³-hybridized carbons (Fsp3) is 0.0870. The van der Waals surface area contributed by atoms with Crippen molar-refractivity contribution in [2.45, 2.75) is 0 Å². The first kappa shape index (κ1) is 22.3. The van der Waals surface area contributed by atoms with E-state index in [-0.39, 0.29) is 29.2 Å². The molecule has 8 nitrogen and oxygen atoms in total. The predicted molar refractivity (Wildman–Crippen MR) is 128 cm³/mol. The largest absolute Gasteiger partial charge is 0.393 e. The lowest BCUT2D eigenvalue weighted by Gasteiger charge is -2.25. The van der Waals surface area contributed by atoms with Crippen LogP contribution in [0.4, 0.5) is 44.7 Å². The topological polar surface area (TPSA) is 105 Å². The molecular weight excluding hydrogens is 409 g/mol. The normalized spacial score (nSPS) is 10.3. The summed E-state index contributed by atoms with van der Waals surface area (Å²) < 4.78 is 13.3. The molecule has 0 bridgehead atoms. The summed E-state index contributed by atoms with van der Waals surface area (Å²) in [5.41, 5.74) is 14.4. The molecule has 164 valence electrons. The lowest BCUT2D eigenvalue weighted by molar-refractivity contribution is -0.113. The van der Waals surface area contributed by atoms with Crippen molar-refractivity contribution >= 4 is 46.2 Å². The molecule has 0 saturated heterocycles. The summed E-state index contributed by atoms with van der Waals surface area (Å²) in [5, 5.41) is 0. The van der Waals surface area contributed by atoms with E-state index in [1.807, 2.05) is 6.07 Å². The number of amides is 1. The van der Waals surface area contributed by atoms with Crippen LogP contribution in [0.1, 0.15) is 0 Å². The van der Waals surface area contributed by atoms with Gasteiger partial charge in [-0.15, -0.1) is 0 Å². The molecule has 0 spiro atoms. The molecule has 9 heteroatoms. The van der Waals surface area contributed by atoms with Gasteiger partial charge in [-0.25, -0.2) is 4.39 Å². The Labute approximate surface area is 185 Å². The van der Waals surface area contributed by atoms with Crippen molar-refractivity contribution in [1.82, 2.24) is 9.97 Å². The summed E-state index contributed by atoms with van der Waals surface area (Å²) >= 11 is 0. The van der Waals surface area contributed by atoms with E-state index in [0.717, 1.165) is 0 Å². The quantitative estimate of drug-likeness (QED) is 0.543. The van der Waals surface area contributed by atoms with Crippen molar-refractivity contribution < 1.29 is 9.18 Å². The van der Waals surface area contributed by atoms with E-state index in [9.17, 15) is 9.18 Å². The smallest absolute Gasteiger partial charge is 0.250 e. The van der Waals surface area contributed by atoms with Gasteiger partial charge in [-0.3, -0.25) is 4.79 Å². The maximum absolute atomic E-state index is 13.3. The first-order valence-corrected chi connectivity index (χ1v) is 9.61. The van der Waals surface area contributed by atoms with E-state index < -0.39 is 0 Å². The second-order valence-corrected chi connectivity index (χ2v) is 6.86. The number of hydrogen-bond donors (Lipinski definition) is 2. The predicted octanol–water partition coefficient (Wildman–Crippen LogP) is 3.98. The fourth-order valence-electron chi connectivity index (χ4n) is 3.01. The average molecular weight is 433 g/mol. The van der Waals surface area contributed by atoms with E-state index in [1.54, 1.807) is 54.2 Å². The van der Waals surface area contributed by atoms with E-state index in [2.05, 4.69) is 23.1 Å². The third kappa shape index (κ3) is 4.36. The molecule has 4 N–H and O–H groups in total. The maximum Gasteiger partial charge on any atom is 0.250 e. The highest BCUT2D eigenvalue weighted by Gasteiger charge is 2.19. The monoisotopic (exact) mass is 433 g/mol. The lowest BCUT2D eigenvalue weighted by Crippen LogP contribution is -2.24. The fourth-order valence-corrected chi connectivity index (χ4v) is 3.01. The highest BCUT2D eigenvalue weighted by Crippen LogP contribution is 2.35. The highest BCUT2D eigenvalue weighted by atomic mass is 19.1. The van der Waals surface area contributed by atoms with Crippen molar-refractivity contribution in [2.24, 2.45) is 0 Å². The van der Waals surface area contributed by atoms with Gasteiger partial charge < -0.3 is 26.2 Å². The molecule has 2 aromatic carbocycles. The van der Waals surface area contributed by atoms with Crippen LogP contribution in [0.25, 0.3) is 0 Å². The van der Waals surface area contributed by atoms with Crippen molar-refractivity contribution in [3.63, 3.8) is 0 Å². The number of aromatic nitrogens is 2. The molecule has 0 radical (unpaired) electrons. The van der Waals surface area contributed by atoms with Crippen LogP contribution in [-0.4, -0.2) is 30.0 Å². The lowest BCUT2D eigenvalue weighted by atomic mass is 10.2. The van der Waals surface area contributed by atoms with Gasteiger partial charge in [-0.05, 0) is 48.5 Å². The molecule has 0 aliphatic heterocycles. The molecule has 32 heavy (non-hydrogen) atoms. The number of hydrogen-bond acceptors (Lipinski definition) is 7. The van der Waals surface area contributed by atoms with Crippen LogP contribution < -0.4 is 26.2 Å². The summed E-state index contributed by atoms with van der Waals surface area (Å²) in [5.74, 6) is 0.0620. The zero-order valence-electron chi connectivity index (χ0n) is 17.9. The molecule has 0 fully saturated rings. The number of rotatable bonds is 7. The Kier molecular flexibility index (Phi) is 6.39. The number of nitrogens with zero attached hydrogens (tertiary/aromatic N) is 5. The van der Waals surface area contributed by atoms with Crippen molar-refractivity contribution in [1.29, 1.82) is 0 Å². The molecule has 1 aromatic heterocycles. The van der Waals surface area contributed by atoms with Gasteiger partial charge in [0.25, 0.3) is 0 Å². The zero-order valence-corrected chi connectivity index (χ0v) is 17.9. The molecular formula is C23H24FN7O. The zero-order chi connectivity index (χ0) is 23.4. The number of likely N-dealkylation sites (N-methyl/N-ethyl adjacent to an activating group) is 1. The Morgan fingerprint density at radius 3 is 2.28 bits per heavy atom. The number of halogens is 1. The minimum Gasteiger partial charge on any atom is -0.393 e. The van der Waals surface area contributed by atoms with E-state index in [4.69, 9.17) is 11.5 Å². The van der Waals surface area contributed by atoms with Gasteiger partial charge in [-0.1, -0.05) is 19.2 Å². The SMILES string of the molecule is C=CC(=O)N(C)c1cccc(N(C=C)c2nc(N(C)c3ccc(F)cc3)nc(N)c2N)c1. The van der Waals surface area contributed by atoms with Gasteiger partial charge in [0.2, 0.25) is 11.9 Å². The van der Waals surface area contributed by atoms with Crippen LogP contribution in [0.5, 0.6) is 0 Å². The van der Waals surface area contributed by atoms with Gasteiger partial charge in [0, 0.05) is 37.4 Å². The Balaban J connectivity index is 2.05. The summed E-state index contributed by atoms with van der Waals surface area (Å²) in [6, 6.07) is 13.1. The minimum atomic E-state index is -0.349. The molecule has 3 rings (SSSR count). The maximum atomic E-state index is 13.3. The Morgan fingerprint density at radius 2 is 1.66 bits per heavy atom. The van der Waals surface area contributed by atoms with E-state index >= 15 is 0 Å². The summed E-state index contributed by atoms with van der Waals surface area (Å²) in [6.45, 7) is 7.39. The number of benzene rings is 2. The summed E-state index contributed by atoms with van der Waals surface area (Å²) in [6.07, 6.45) is 2.77. The first-order chi connectivity index (χ1) is 15.3. The number of nitrogens with two attached hydrogens (primary N) is 2. The van der Waals surface area contributed by atoms with Gasteiger partial charge in [0.15, 0.2) is 11.6 Å². The highest BCUT2D eigenvalue weighted by molar-refractivity contribution is 6.01. The van der Waals surface area contributed by atoms with Gasteiger partial charge >= 0.3 is 0 Å². The van der Waals surface area contributed by atoms with Crippen LogP contribution in [0.3, 0.4) is 0 Å². The van der Waals surface area contributed by atoms with Crippen LogP contribution in [0.15, 0.2) is 74.0 Å². The summed E-state index contributed by atoms with van der Waals surface area (Å²) in [7, 11) is 3.38.